The fourth-order valence-corrected chi connectivity index (χ4v) is 10.6. The number of rotatable bonds is 5. The molecule has 14 rings (SSSR count). The zero-order chi connectivity index (χ0) is 44.0. The van der Waals surface area contributed by atoms with E-state index < -0.39 is 0 Å². The van der Waals surface area contributed by atoms with Crippen LogP contribution in [-0.2, 0) is 0 Å². The second-order valence-electron chi connectivity index (χ2n) is 17.6. The molecule has 4 heterocycles. The Kier molecular flexibility index (Phi) is 8.25. The number of hydrogen-bond donors (Lipinski definition) is 0. The van der Waals surface area contributed by atoms with E-state index in [4.69, 9.17) is 15.0 Å². The molecular weight excluding hydrogens is 813 g/mol. The van der Waals surface area contributed by atoms with Crippen LogP contribution in [0.25, 0.3) is 137 Å². The predicted molar refractivity (Wildman–Crippen MR) is 281 cm³/mol. The SMILES string of the molecule is c1ccc(-n2c3ccc(-c4cnc5c(ccc6cc(-c7c8ccccc8c(-c8ccc9ccccc9c8)c8ccccc78)cnc65)c4)cc3c3cnc(-c4ccc5ccccc5c4)cc32)cc1. The first-order valence-corrected chi connectivity index (χ1v) is 22.8. The molecule has 0 spiro atoms. The van der Waals surface area contributed by atoms with E-state index in [1.165, 1.54) is 59.8 Å². The van der Waals surface area contributed by atoms with E-state index in [-0.39, 0.29) is 0 Å². The van der Waals surface area contributed by atoms with Gasteiger partial charge < -0.3 is 4.57 Å². The molecule has 10 aromatic carbocycles. The number of aromatic nitrogens is 4. The van der Waals surface area contributed by atoms with Crippen molar-refractivity contribution in [1.29, 1.82) is 0 Å². The summed E-state index contributed by atoms with van der Waals surface area (Å²) in [6.45, 7) is 0. The molecule has 0 bridgehead atoms. The molecule has 0 unspecified atom stereocenters. The molecular formula is C63H38N4. The Labute approximate surface area is 385 Å². The third-order valence-corrected chi connectivity index (χ3v) is 13.8. The molecule has 0 aliphatic rings. The molecule has 0 fully saturated rings. The smallest absolute Gasteiger partial charge is 0.0965 e. The van der Waals surface area contributed by atoms with Crippen molar-refractivity contribution < 1.29 is 0 Å². The highest BCUT2D eigenvalue weighted by atomic mass is 15.0. The fourth-order valence-electron chi connectivity index (χ4n) is 10.6. The number of benzene rings is 10. The third-order valence-electron chi connectivity index (χ3n) is 13.8. The Hall–Kier alpha value is -8.99. The molecule has 67 heavy (non-hydrogen) atoms. The normalized spacial score (nSPS) is 11.9. The lowest BCUT2D eigenvalue weighted by molar-refractivity contribution is 1.17. The molecule has 0 atom stereocenters. The van der Waals surface area contributed by atoms with Gasteiger partial charge in [0, 0.05) is 62.5 Å². The lowest BCUT2D eigenvalue weighted by atomic mass is 9.85. The quantitative estimate of drug-likeness (QED) is 0.128. The van der Waals surface area contributed by atoms with Gasteiger partial charge in [0.15, 0.2) is 0 Å². The lowest BCUT2D eigenvalue weighted by Crippen LogP contribution is -1.94. The average molecular weight is 851 g/mol. The van der Waals surface area contributed by atoms with Crippen LogP contribution in [0.3, 0.4) is 0 Å². The van der Waals surface area contributed by atoms with Crippen molar-refractivity contribution in [2.45, 2.75) is 0 Å². The Morgan fingerprint density at radius 3 is 1.42 bits per heavy atom. The minimum atomic E-state index is 0.890. The van der Waals surface area contributed by atoms with Crippen LogP contribution in [0.5, 0.6) is 0 Å². The van der Waals surface area contributed by atoms with Crippen molar-refractivity contribution >= 4 is 86.7 Å². The topological polar surface area (TPSA) is 43.6 Å². The summed E-state index contributed by atoms with van der Waals surface area (Å²) in [6, 6.07) is 76.6. The number of nitrogens with zero attached hydrogens (tertiary/aromatic N) is 4. The van der Waals surface area contributed by atoms with Crippen molar-refractivity contribution in [3.8, 4) is 50.3 Å². The molecule has 0 amide bonds. The first-order valence-electron chi connectivity index (χ1n) is 22.8. The molecule has 14 aromatic rings. The van der Waals surface area contributed by atoms with E-state index >= 15 is 0 Å². The number of hydrogen-bond acceptors (Lipinski definition) is 3. The summed E-state index contributed by atoms with van der Waals surface area (Å²) in [5.41, 5.74) is 14.1. The van der Waals surface area contributed by atoms with Crippen LogP contribution in [0.4, 0.5) is 0 Å². The number of para-hydroxylation sites is 1. The van der Waals surface area contributed by atoms with Crippen LogP contribution in [0.1, 0.15) is 0 Å². The molecule has 0 N–H and O–H groups in total. The summed E-state index contributed by atoms with van der Waals surface area (Å²) in [5.74, 6) is 0. The van der Waals surface area contributed by atoms with Gasteiger partial charge in [-0.2, -0.15) is 0 Å². The second kappa shape index (κ2) is 14.8. The Morgan fingerprint density at radius 2 is 0.761 bits per heavy atom. The van der Waals surface area contributed by atoms with Gasteiger partial charge in [0.2, 0.25) is 0 Å². The van der Waals surface area contributed by atoms with Crippen molar-refractivity contribution in [1.82, 2.24) is 19.5 Å². The highest BCUT2D eigenvalue weighted by Crippen LogP contribution is 2.45. The van der Waals surface area contributed by atoms with Crippen LogP contribution < -0.4 is 0 Å². The van der Waals surface area contributed by atoms with Crippen molar-refractivity contribution in [3.05, 3.63) is 231 Å². The summed E-state index contributed by atoms with van der Waals surface area (Å²) in [6.07, 6.45) is 6.08. The summed E-state index contributed by atoms with van der Waals surface area (Å²) in [7, 11) is 0. The van der Waals surface area contributed by atoms with Gasteiger partial charge in [0.25, 0.3) is 0 Å². The first kappa shape index (κ1) is 37.4. The highest BCUT2D eigenvalue weighted by molar-refractivity contribution is 6.22. The maximum atomic E-state index is 5.19. The minimum absolute atomic E-state index is 0.890. The van der Waals surface area contributed by atoms with Crippen molar-refractivity contribution in [3.63, 3.8) is 0 Å². The largest absolute Gasteiger partial charge is 0.309 e. The fraction of sp³-hybridized carbons (Fsp3) is 0. The maximum Gasteiger partial charge on any atom is 0.0965 e. The highest BCUT2D eigenvalue weighted by Gasteiger charge is 2.19. The summed E-state index contributed by atoms with van der Waals surface area (Å²) < 4.78 is 2.36. The van der Waals surface area contributed by atoms with E-state index in [0.29, 0.717) is 0 Å². The minimum Gasteiger partial charge on any atom is -0.309 e. The molecule has 0 aliphatic heterocycles. The zero-order valence-electron chi connectivity index (χ0n) is 36.2. The van der Waals surface area contributed by atoms with Crippen LogP contribution in [0, 0.1) is 0 Å². The Morgan fingerprint density at radius 1 is 0.269 bits per heavy atom. The lowest BCUT2D eigenvalue weighted by Gasteiger charge is -2.18. The van der Waals surface area contributed by atoms with E-state index in [1.54, 1.807) is 0 Å². The zero-order valence-corrected chi connectivity index (χ0v) is 36.2. The predicted octanol–water partition coefficient (Wildman–Crippen LogP) is 16.6. The van der Waals surface area contributed by atoms with Gasteiger partial charge in [-0.05, 0) is 120 Å². The summed E-state index contributed by atoms with van der Waals surface area (Å²) in [5, 5.41) is 14.1. The molecule has 0 saturated heterocycles. The number of pyridine rings is 3. The van der Waals surface area contributed by atoms with Gasteiger partial charge in [-0.3, -0.25) is 15.0 Å². The maximum absolute atomic E-state index is 5.19. The monoisotopic (exact) mass is 850 g/mol. The van der Waals surface area contributed by atoms with Gasteiger partial charge in [-0.1, -0.05) is 158 Å². The van der Waals surface area contributed by atoms with E-state index in [0.717, 1.165) is 77.2 Å². The standard InChI is InChI=1S/C63H38N4/c1-2-16-50(17-3-1)67-58-29-28-43(34-55(58)56-38-64-57(35-59(56)67)44-24-22-39-12-4-6-14-41(39)30-44)48-32-46-26-27-47-33-49(37-66-63(47)62(46)65-36-48)61-53-20-10-8-18-51(53)60(52-19-9-11-21-54(52)61)45-25-23-40-13-5-7-15-42(40)31-45/h1-38H. The van der Waals surface area contributed by atoms with Crippen LogP contribution in [0.2, 0.25) is 0 Å². The van der Waals surface area contributed by atoms with Crippen molar-refractivity contribution in [2.75, 3.05) is 0 Å². The van der Waals surface area contributed by atoms with Gasteiger partial charge in [-0.25, -0.2) is 0 Å². The molecule has 4 heteroatoms. The molecule has 4 aromatic heterocycles. The molecule has 0 saturated carbocycles. The van der Waals surface area contributed by atoms with Crippen LogP contribution in [0.15, 0.2) is 231 Å². The van der Waals surface area contributed by atoms with Gasteiger partial charge in [0.05, 0.1) is 27.8 Å². The van der Waals surface area contributed by atoms with Gasteiger partial charge >= 0.3 is 0 Å². The van der Waals surface area contributed by atoms with E-state index in [1.807, 2.05) is 18.6 Å². The second-order valence-corrected chi connectivity index (χ2v) is 17.6. The average Bonchev–Trinajstić information content (AvgIpc) is 3.72. The Balaban J connectivity index is 0.871. The van der Waals surface area contributed by atoms with Gasteiger partial charge in [-0.15, -0.1) is 0 Å². The van der Waals surface area contributed by atoms with Crippen molar-refractivity contribution in [2.24, 2.45) is 0 Å². The van der Waals surface area contributed by atoms with Gasteiger partial charge in [0.1, 0.15) is 0 Å². The summed E-state index contributed by atoms with van der Waals surface area (Å²) in [4.78, 5) is 15.4. The Bertz CT molecular complexity index is 4280. The molecule has 310 valence electrons. The molecule has 0 radical (unpaired) electrons. The number of fused-ring (bicyclic) bond motifs is 10. The van der Waals surface area contributed by atoms with E-state index in [9.17, 15) is 0 Å². The molecule has 4 nitrogen and oxygen atoms in total. The summed E-state index contributed by atoms with van der Waals surface area (Å²) >= 11 is 0. The van der Waals surface area contributed by atoms with Crippen LogP contribution >= 0.6 is 0 Å². The molecule has 0 aliphatic carbocycles. The third kappa shape index (κ3) is 5.97. The van der Waals surface area contributed by atoms with Crippen LogP contribution in [-0.4, -0.2) is 19.5 Å². The van der Waals surface area contributed by atoms with E-state index in [2.05, 4.69) is 217 Å². The first-order chi connectivity index (χ1) is 33.2.